The van der Waals surface area contributed by atoms with E-state index >= 15 is 0 Å². The summed E-state index contributed by atoms with van der Waals surface area (Å²) >= 11 is 3.27. The first-order chi connectivity index (χ1) is 8.18. The topological polar surface area (TPSA) is 46.1 Å². The molecule has 2 rings (SSSR count). The average molecular weight is 292 g/mol. The number of aromatic nitrogens is 2. The van der Waals surface area contributed by atoms with Crippen molar-refractivity contribution < 1.29 is 4.79 Å². The second kappa shape index (κ2) is 5.05. The van der Waals surface area contributed by atoms with Gasteiger partial charge in [-0.2, -0.15) is 0 Å². The molecule has 86 valence electrons. The molecule has 0 aliphatic heterocycles. The Balaban J connectivity index is 2.27. The van der Waals surface area contributed by atoms with E-state index in [9.17, 15) is 4.79 Å². The third kappa shape index (κ3) is 2.68. The number of anilines is 1. The van der Waals surface area contributed by atoms with Crippen LogP contribution in [0, 0.1) is 0 Å². The summed E-state index contributed by atoms with van der Waals surface area (Å²) in [7, 11) is 1.67. The molecular weight excluding hydrogens is 282 g/mol. The number of rotatable bonds is 2. The molecule has 4 nitrogen and oxygen atoms in total. The van der Waals surface area contributed by atoms with E-state index in [0.29, 0.717) is 16.1 Å². The van der Waals surface area contributed by atoms with Crippen molar-refractivity contribution in [3.63, 3.8) is 0 Å². The van der Waals surface area contributed by atoms with Gasteiger partial charge in [-0.25, -0.2) is 4.98 Å². The molecule has 0 spiro atoms. The monoisotopic (exact) mass is 291 g/mol. The molecule has 17 heavy (non-hydrogen) atoms. The van der Waals surface area contributed by atoms with Gasteiger partial charge in [0.1, 0.15) is 16.1 Å². The van der Waals surface area contributed by atoms with Crippen LogP contribution in [0.2, 0.25) is 0 Å². The van der Waals surface area contributed by atoms with Gasteiger partial charge < -0.3 is 0 Å². The number of nitrogens with zero attached hydrogens (tertiary/aromatic N) is 3. The van der Waals surface area contributed by atoms with Gasteiger partial charge in [-0.1, -0.05) is 12.1 Å². The summed E-state index contributed by atoms with van der Waals surface area (Å²) in [6.45, 7) is 0. The molecule has 2 aromatic heterocycles. The van der Waals surface area contributed by atoms with Crippen LogP contribution < -0.4 is 4.90 Å². The van der Waals surface area contributed by atoms with Crippen molar-refractivity contribution in [2.75, 3.05) is 11.9 Å². The predicted octanol–water partition coefficient (Wildman–Crippen LogP) is 2.52. The van der Waals surface area contributed by atoms with E-state index in [-0.39, 0.29) is 5.91 Å². The summed E-state index contributed by atoms with van der Waals surface area (Å²) in [5, 5.41) is 0. The van der Waals surface area contributed by atoms with Crippen molar-refractivity contribution in [2.45, 2.75) is 0 Å². The van der Waals surface area contributed by atoms with Gasteiger partial charge in [-0.3, -0.25) is 14.7 Å². The second-order valence-electron chi connectivity index (χ2n) is 3.40. The van der Waals surface area contributed by atoms with E-state index in [0.717, 1.165) is 0 Å². The highest BCUT2D eigenvalue weighted by molar-refractivity contribution is 9.10. The predicted molar refractivity (Wildman–Crippen MR) is 68.9 cm³/mol. The van der Waals surface area contributed by atoms with Crippen molar-refractivity contribution in [3.05, 3.63) is 52.9 Å². The molecule has 0 atom stereocenters. The van der Waals surface area contributed by atoms with E-state index in [1.165, 1.54) is 4.90 Å². The summed E-state index contributed by atoms with van der Waals surface area (Å²) in [4.78, 5) is 21.8. The summed E-state index contributed by atoms with van der Waals surface area (Å²) in [6.07, 6.45) is 1.59. The fourth-order valence-corrected chi connectivity index (χ4v) is 1.68. The zero-order chi connectivity index (χ0) is 12.3. The zero-order valence-electron chi connectivity index (χ0n) is 9.17. The minimum absolute atomic E-state index is 0.184. The molecule has 2 aromatic rings. The van der Waals surface area contributed by atoms with E-state index in [4.69, 9.17) is 0 Å². The lowest BCUT2D eigenvalue weighted by atomic mass is 10.3. The number of halogens is 1. The number of amides is 1. The average Bonchev–Trinajstić information content (AvgIpc) is 2.38. The van der Waals surface area contributed by atoms with Crippen LogP contribution in [0.5, 0.6) is 0 Å². The van der Waals surface area contributed by atoms with Gasteiger partial charge in [0.2, 0.25) is 0 Å². The molecule has 0 saturated heterocycles. The Morgan fingerprint density at radius 1 is 1.24 bits per heavy atom. The second-order valence-corrected chi connectivity index (χ2v) is 4.21. The maximum atomic E-state index is 12.1. The van der Waals surface area contributed by atoms with Crippen molar-refractivity contribution in [2.24, 2.45) is 0 Å². The standard InChI is InChI=1S/C12H10BrN3O/c1-16(11-7-4-6-10(13)15-11)12(17)9-5-2-3-8-14-9/h2-8H,1H3. The molecule has 0 unspecified atom stereocenters. The Bertz CT molecular complexity index is 530. The normalized spacial score (nSPS) is 10.0. The van der Waals surface area contributed by atoms with Gasteiger partial charge >= 0.3 is 0 Å². The Morgan fingerprint density at radius 3 is 2.71 bits per heavy atom. The lowest BCUT2D eigenvalue weighted by Gasteiger charge is -2.15. The van der Waals surface area contributed by atoms with Crippen LogP contribution in [0.1, 0.15) is 10.5 Å². The Kier molecular flexibility index (Phi) is 3.49. The third-order valence-electron chi connectivity index (χ3n) is 2.23. The van der Waals surface area contributed by atoms with Crippen LogP contribution in [-0.4, -0.2) is 22.9 Å². The minimum Gasteiger partial charge on any atom is -0.294 e. The van der Waals surface area contributed by atoms with Gasteiger partial charge in [0.05, 0.1) is 0 Å². The minimum atomic E-state index is -0.184. The molecule has 0 aromatic carbocycles. The van der Waals surface area contributed by atoms with Gasteiger partial charge in [0.25, 0.3) is 5.91 Å². The van der Waals surface area contributed by atoms with Crippen LogP contribution in [0.25, 0.3) is 0 Å². The molecule has 0 radical (unpaired) electrons. The van der Waals surface area contributed by atoms with Gasteiger partial charge in [0, 0.05) is 13.2 Å². The molecule has 0 fully saturated rings. The summed E-state index contributed by atoms with van der Waals surface area (Å²) in [6, 6.07) is 10.6. The number of hydrogen-bond acceptors (Lipinski definition) is 3. The molecule has 5 heteroatoms. The maximum Gasteiger partial charge on any atom is 0.277 e. The van der Waals surface area contributed by atoms with Crippen LogP contribution in [-0.2, 0) is 0 Å². The van der Waals surface area contributed by atoms with Crippen LogP contribution >= 0.6 is 15.9 Å². The van der Waals surface area contributed by atoms with E-state index in [1.54, 1.807) is 37.5 Å². The maximum absolute atomic E-state index is 12.1. The number of hydrogen-bond donors (Lipinski definition) is 0. The smallest absolute Gasteiger partial charge is 0.277 e. The van der Waals surface area contributed by atoms with Gasteiger partial charge in [-0.15, -0.1) is 0 Å². The first-order valence-electron chi connectivity index (χ1n) is 5.00. The highest BCUT2D eigenvalue weighted by atomic mass is 79.9. The molecule has 0 aliphatic rings. The van der Waals surface area contributed by atoms with E-state index < -0.39 is 0 Å². The summed E-state index contributed by atoms with van der Waals surface area (Å²) < 4.78 is 0.690. The number of pyridine rings is 2. The lowest BCUT2D eigenvalue weighted by Crippen LogP contribution is -2.27. The van der Waals surface area contributed by atoms with E-state index in [2.05, 4.69) is 25.9 Å². The number of carbonyl (C=O) groups excluding carboxylic acids is 1. The Labute approximate surface area is 107 Å². The lowest BCUT2D eigenvalue weighted by molar-refractivity contribution is 0.0987. The van der Waals surface area contributed by atoms with E-state index in [1.807, 2.05) is 12.1 Å². The number of carbonyl (C=O) groups is 1. The molecule has 0 aliphatic carbocycles. The third-order valence-corrected chi connectivity index (χ3v) is 2.67. The molecule has 0 bridgehead atoms. The fourth-order valence-electron chi connectivity index (χ4n) is 1.35. The Morgan fingerprint density at radius 2 is 2.06 bits per heavy atom. The largest absolute Gasteiger partial charge is 0.294 e. The quantitative estimate of drug-likeness (QED) is 0.799. The molecule has 2 heterocycles. The van der Waals surface area contributed by atoms with Gasteiger partial charge in [0.15, 0.2) is 0 Å². The highest BCUT2D eigenvalue weighted by Gasteiger charge is 2.15. The summed E-state index contributed by atoms with van der Waals surface area (Å²) in [5.74, 6) is 0.395. The Hall–Kier alpha value is -1.75. The zero-order valence-corrected chi connectivity index (χ0v) is 10.8. The van der Waals surface area contributed by atoms with Crippen LogP contribution in [0.4, 0.5) is 5.82 Å². The van der Waals surface area contributed by atoms with Crippen molar-refractivity contribution in [1.29, 1.82) is 0 Å². The molecular formula is C12H10BrN3O. The van der Waals surface area contributed by atoms with Crippen LogP contribution in [0.15, 0.2) is 47.2 Å². The SMILES string of the molecule is CN(C(=O)c1ccccn1)c1cccc(Br)n1. The molecule has 1 amide bonds. The van der Waals surface area contributed by atoms with Crippen molar-refractivity contribution in [3.8, 4) is 0 Å². The van der Waals surface area contributed by atoms with Crippen molar-refractivity contribution in [1.82, 2.24) is 9.97 Å². The first-order valence-corrected chi connectivity index (χ1v) is 5.79. The summed E-state index contributed by atoms with van der Waals surface area (Å²) in [5.41, 5.74) is 0.400. The molecule has 0 saturated carbocycles. The van der Waals surface area contributed by atoms with Gasteiger partial charge in [-0.05, 0) is 40.2 Å². The highest BCUT2D eigenvalue weighted by Crippen LogP contribution is 2.15. The molecule has 0 N–H and O–H groups in total. The van der Waals surface area contributed by atoms with Crippen LogP contribution in [0.3, 0.4) is 0 Å². The fraction of sp³-hybridized carbons (Fsp3) is 0.0833. The van der Waals surface area contributed by atoms with Crippen molar-refractivity contribution >= 4 is 27.7 Å². The first kappa shape index (κ1) is 11.7.